The zero-order valence-corrected chi connectivity index (χ0v) is 20.9. The Kier molecular flexibility index (Phi) is 9.27. The highest BCUT2D eigenvalue weighted by Gasteiger charge is 2.15. The van der Waals surface area contributed by atoms with Crippen LogP contribution in [0.5, 0.6) is 17.2 Å². The van der Waals surface area contributed by atoms with Crippen LogP contribution in [0, 0.1) is 17.1 Å². The molecule has 0 aliphatic rings. The molecule has 180 valence electrons. The molecule has 0 bridgehead atoms. The molecule has 0 atom stereocenters. The number of nitriles is 1. The van der Waals surface area contributed by atoms with Crippen molar-refractivity contribution in [3.63, 3.8) is 0 Å². The van der Waals surface area contributed by atoms with Crippen molar-refractivity contribution in [3.8, 4) is 23.3 Å². The summed E-state index contributed by atoms with van der Waals surface area (Å²) in [7, 11) is 0. The van der Waals surface area contributed by atoms with Crippen LogP contribution >= 0.6 is 15.9 Å². The Balaban J connectivity index is 1.79. The van der Waals surface area contributed by atoms with Crippen LogP contribution in [-0.2, 0) is 11.4 Å². The van der Waals surface area contributed by atoms with Crippen molar-refractivity contribution >= 4 is 33.6 Å². The minimum Gasteiger partial charge on any atom is -0.494 e. The van der Waals surface area contributed by atoms with E-state index >= 15 is 0 Å². The molecule has 0 spiro atoms. The fourth-order valence-electron chi connectivity index (χ4n) is 3.13. The second kappa shape index (κ2) is 12.6. The van der Waals surface area contributed by atoms with Gasteiger partial charge in [-0.05, 0) is 95.5 Å². The topological polar surface area (TPSA) is 80.6 Å². The minimum absolute atomic E-state index is 0.0757. The molecular weight excluding hydrogens is 515 g/mol. The molecule has 0 heterocycles. The Morgan fingerprint density at radius 1 is 1.03 bits per heavy atom. The number of rotatable bonds is 10. The lowest BCUT2D eigenvalue weighted by atomic mass is 10.1. The average Bonchev–Trinajstić information content (AvgIpc) is 2.84. The van der Waals surface area contributed by atoms with E-state index in [0.29, 0.717) is 46.2 Å². The molecule has 35 heavy (non-hydrogen) atoms. The van der Waals surface area contributed by atoms with E-state index in [0.717, 1.165) is 5.56 Å². The molecule has 0 radical (unpaired) electrons. The van der Waals surface area contributed by atoms with Crippen LogP contribution in [0.1, 0.15) is 25.0 Å². The summed E-state index contributed by atoms with van der Waals surface area (Å²) in [6.07, 6.45) is 1.47. The van der Waals surface area contributed by atoms with Crippen molar-refractivity contribution in [1.82, 2.24) is 0 Å². The summed E-state index contributed by atoms with van der Waals surface area (Å²) >= 11 is 3.49. The van der Waals surface area contributed by atoms with Crippen LogP contribution in [-0.4, -0.2) is 19.1 Å². The lowest BCUT2D eigenvalue weighted by molar-refractivity contribution is -0.112. The number of halogens is 2. The summed E-state index contributed by atoms with van der Waals surface area (Å²) in [4.78, 5) is 12.7. The van der Waals surface area contributed by atoms with E-state index in [9.17, 15) is 14.4 Å². The molecule has 3 aromatic carbocycles. The van der Waals surface area contributed by atoms with Crippen LogP contribution in [0.2, 0.25) is 0 Å². The zero-order chi connectivity index (χ0) is 25.2. The first-order chi connectivity index (χ1) is 16.9. The maximum Gasteiger partial charge on any atom is 0.266 e. The van der Waals surface area contributed by atoms with E-state index in [1.165, 1.54) is 18.2 Å². The van der Waals surface area contributed by atoms with Crippen LogP contribution in [0.3, 0.4) is 0 Å². The molecule has 0 unspecified atom stereocenters. The molecule has 1 N–H and O–H groups in total. The predicted molar refractivity (Wildman–Crippen MR) is 136 cm³/mol. The number of carbonyl (C=O) groups is 1. The van der Waals surface area contributed by atoms with Gasteiger partial charge in [-0.1, -0.05) is 12.1 Å². The molecule has 3 aromatic rings. The van der Waals surface area contributed by atoms with E-state index in [1.807, 2.05) is 19.9 Å². The van der Waals surface area contributed by atoms with E-state index < -0.39 is 5.91 Å². The normalized spacial score (nSPS) is 10.9. The maximum atomic E-state index is 13.1. The van der Waals surface area contributed by atoms with Crippen LogP contribution in [0.25, 0.3) is 6.08 Å². The number of ether oxygens (including phenoxy) is 3. The Hall–Kier alpha value is -3.83. The van der Waals surface area contributed by atoms with E-state index in [-0.39, 0.29) is 18.0 Å². The fourth-order valence-corrected chi connectivity index (χ4v) is 3.70. The third kappa shape index (κ3) is 7.33. The highest BCUT2D eigenvalue weighted by Crippen LogP contribution is 2.38. The highest BCUT2D eigenvalue weighted by molar-refractivity contribution is 9.10. The molecule has 3 rings (SSSR count). The van der Waals surface area contributed by atoms with Crippen LogP contribution in [0.4, 0.5) is 10.1 Å². The van der Waals surface area contributed by atoms with Gasteiger partial charge < -0.3 is 19.5 Å². The number of benzene rings is 3. The first-order valence-corrected chi connectivity index (χ1v) is 11.7. The Labute approximate surface area is 212 Å². The standard InChI is InChI=1S/C27H24BrFN2O4/c1-3-33-23-11-9-22(10-12-23)31-27(32)20(16-30)13-19-14-24(28)26(25(15-19)34-4-2)35-17-18-5-7-21(29)8-6-18/h5-15H,3-4,17H2,1-2H3,(H,31,32)/b20-13-. The SMILES string of the molecule is CCOc1ccc(NC(=O)/C(C#N)=C\c2cc(Br)c(OCc3ccc(F)cc3)c(OCC)c2)cc1. The Bertz CT molecular complexity index is 1240. The first-order valence-electron chi connectivity index (χ1n) is 10.9. The lowest BCUT2D eigenvalue weighted by Gasteiger charge is -2.15. The molecule has 0 saturated heterocycles. The average molecular weight is 539 g/mol. The van der Waals surface area contributed by atoms with Crippen molar-refractivity contribution in [2.75, 3.05) is 18.5 Å². The molecule has 1 amide bonds. The smallest absolute Gasteiger partial charge is 0.266 e. The molecule has 6 nitrogen and oxygen atoms in total. The number of nitrogens with one attached hydrogen (secondary N) is 1. The number of hydrogen-bond donors (Lipinski definition) is 1. The van der Waals surface area contributed by atoms with Gasteiger partial charge in [0.2, 0.25) is 0 Å². The van der Waals surface area contributed by atoms with Gasteiger partial charge in [-0.3, -0.25) is 4.79 Å². The van der Waals surface area contributed by atoms with E-state index in [4.69, 9.17) is 14.2 Å². The van der Waals surface area contributed by atoms with Crippen molar-refractivity contribution in [2.45, 2.75) is 20.5 Å². The van der Waals surface area contributed by atoms with Gasteiger partial charge in [0, 0.05) is 5.69 Å². The van der Waals surface area contributed by atoms with Gasteiger partial charge in [0.1, 0.15) is 29.8 Å². The van der Waals surface area contributed by atoms with Gasteiger partial charge in [-0.25, -0.2) is 4.39 Å². The zero-order valence-electron chi connectivity index (χ0n) is 19.3. The molecule has 8 heteroatoms. The largest absolute Gasteiger partial charge is 0.494 e. The summed E-state index contributed by atoms with van der Waals surface area (Å²) in [5, 5.41) is 12.3. The summed E-state index contributed by atoms with van der Waals surface area (Å²) in [5.41, 5.74) is 1.84. The van der Waals surface area contributed by atoms with Crippen molar-refractivity contribution < 1.29 is 23.4 Å². The fraction of sp³-hybridized carbons (Fsp3) is 0.185. The molecule has 0 saturated carbocycles. The molecule has 0 aliphatic heterocycles. The van der Waals surface area contributed by atoms with Gasteiger partial charge in [-0.2, -0.15) is 5.26 Å². The molecule has 0 fully saturated rings. The first kappa shape index (κ1) is 25.8. The van der Waals surface area contributed by atoms with E-state index in [1.54, 1.807) is 48.5 Å². The minimum atomic E-state index is -0.539. The summed E-state index contributed by atoms with van der Waals surface area (Å²) in [5.74, 6) is 0.741. The number of hydrogen-bond acceptors (Lipinski definition) is 5. The molecule has 0 aromatic heterocycles. The monoisotopic (exact) mass is 538 g/mol. The Morgan fingerprint density at radius 2 is 1.71 bits per heavy atom. The van der Waals surface area contributed by atoms with Gasteiger partial charge in [0.25, 0.3) is 5.91 Å². The van der Waals surface area contributed by atoms with Crippen molar-refractivity contribution in [2.24, 2.45) is 0 Å². The molecular formula is C27H24BrFN2O4. The summed E-state index contributed by atoms with van der Waals surface area (Å²) < 4.78 is 30.8. The quantitative estimate of drug-likeness (QED) is 0.235. The number of carbonyl (C=O) groups excluding carboxylic acids is 1. The molecule has 0 aliphatic carbocycles. The summed E-state index contributed by atoms with van der Waals surface area (Å²) in [6.45, 7) is 4.87. The highest BCUT2D eigenvalue weighted by atomic mass is 79.9. The third-order valence-electron chi connectivity index (χ3n) is 4.73. The lowest BCUT2D eigenvalue weighted by Crippen LogP contribution is -2.13. The van der Waals surface area contributed by atoms with Crippen LogP contribution in [0.15, 0.2) is 70.7 Å². The number of anilines is 1. The van der Waals surface area contributed by atoms with Gasteiger partial charge in [-0.15, -0.1) is 0 Å². The van der Waals surface area contributed by atoms with Crippen LogP contribution < -0.4 is 19.5 Å². The second-order valence-corrected chi connectivity index (χ2v) is 8.11. The number of nitrogens with zero attached hydrogens (tertiary/aromatic N) is 1. The van der Waals surface area contributed by atoms with Crippen molar-refractivity contribution in [3.05, 3.63) is 87.7 Å². The van der Waals surface area contributed by atoms with Gasteiger partial charge >= 0.3 is 0 Å². The third-order valence-corrected chi connectivity index (χ3v) is 5.32. The predicted octanol–water partition coefficient (Wildman–Crippen LogP) is 6.51. The maximum absolute atomic E-state index is 13.1. The number of amides is 1. The van der Waals surface area contributed by atoms with E-state index in [2.05, 4.69) is 21.2 Å². The van der Waals surface area contributed by atoms with Gasteiger partial charge in [0.05, 0.1) is 17.7 Å². The van der Waals surface area contributed by atoms with Crippen molar-refractivity contribution in [1.29, 1.82) is 5.26 Å². The Morgan fingerprint density at radius 3 is 2.34 bits per heavy atom. The van der Waals surface area contributed by atoms with Gasteiger partial charge in [0.15, 0.2) is 11.5 Å². The summed E-state index contributed by atoms with van der Waals surface area (Å²) in [6, 6.07) is 18.3. The second-order valence-electron chi connectivity index (χ2n) is 7.26.